The largest absolute Gasteiger partial charge is 0.380 e. The van der Waals surface area contributed by atoms with Gasteiger partial charge in [0.05, 0.1) is 6.61 Å². The lowest BCUT2D eigenvalue weighted by molar-refractivity contribution is 0.240. The van der Waals surface area contributed by atoms with Crippen molar-refractivity contribution in [3.8, 4) is 0 Å². The van der Waals surface area contributed by atoms with Crippen molar-refractivity contribution < 1.29 is 4.74 Å². The quantitative estimate of drug-likeness (QED) is 0.792. The molecule has 0 atom stereocenters. The van der Waals surface area contributed by atoms with Gasteiger partial charge in [-0.2, -0.15) is 0 Å². The molecule has 3 heteroatoms. The SMILES string of the molecule is C=C(COC)c1cncc(Br)c1. The van der Waals surface area contributed by atoms with E-state index in [0.29, 0.717) is 6.61 Å². The van der Waals surface area contributed by atoms with E-state index in [2.05, 4.69) is 27.5 Å². The number of ether oxygens (including phenoxy) is 1. The average molecular weight is 228 g/mol. The first-order chi connectivity index (χ1) is 5.74. The van der Waals surface area contributed by atoms with Gasteiger partial charge in [0, 0.05) is 24.0 Å². The van der Waals surface area contributed by atoms with Crippen LogP contribution in [0.25, 0.3) is 5.57 Å². The molecule has 0 fully saturated rings. The molecule has 0 aliphatic carbocycles. The van der Waals surface area contributed by atoms with Crippen molar-refractivity contribution >= 4 is 21.5 Å². The van der Waals surface area contributed by atoms with Crippen molar-refractivity contribution in [2.75, 3.05) is 13.7 Å². The van der Waals surface area contributed by atoms with E-state index < -0.39 is 0 Å². The first-order valence-electron chi connectivity index (χ1n) is 3.51. The highest BCUT2D eigenvalue weighted by Gasteiger charge is 1.98. The van der Waals surface area contributed by atoms with E-state index in [1.54, 1.807) is 19.5 Å². The summed E-state index contributed by atoms with van der Waals surface area (Å²) in [6.07, 6.45) is 3.51. The number of rotatable bonds is 3. The van der Waals surface area contributed by atoms with Gasteiger partial charge in [0.15, 0.2) is 0 Å². The van der Waals surface area contributed by atoms with E-state index in [4.69, 9.17) is 4.74 Å². The molecule has 12 heavy (non-hydrogen) atoms. The van der Waals surface area contributed by atoms with Gasteiger partial charge in [-0.3, -0.25) is 4.98 Å². The van der Waals surface area contributed by atoms with Gasteiger partial charge in [0.25, 0.3) is 0 Å². The third-order valence-electron chi connectivity index (χ3n) is 1.43. The minimum atomic E-state index is 0.540. The van der Waals surface area contributed by atoms with Crippen LogP contribution in [0.2, 0.25) is 0 Å². The molecular weight excluding hydrogens is 218 g/mol. The van der Waals surface area contributed by atoms with Crippen LogP contribution in [0.3, 0.4) is 0 Å². The zero-order valence-corrected chi connectivity index (χ0v) is 8.47. The Hall–Kier alpha value is -0.670. The summed E-state index contributed by atoms with van der Waals surface area (Å²) in [4.78, 5) is 4.02. The molecule has 0 unspecified atom stereocenters. The van der Waals surface area contributed by atoms with Crippen molar-refractivity contribution in [1.82, 2.24) is 4.98 Å². The number of nitrogens with zero attached hydrogens (tertiary/aromatic N) is 1. The van der Waals surface area contributed by atoms with Crippen LogP contribution in [0.15, 0.2) is 29.5 Å². The Balaban J connectivity index is 2.81. The van der Waals surface area contributed by atoms with Gasteiger partial charge >= 0.3 is 0 Å². The second kappa shape index (κ2) is 4.38. The zero-order chi connectivity index (χ0) is 8.97. The number of methoxy groups -OCH3 is 1. The molecule has 0 bridgehead atoms. The number of aromatic nitrogens is 1. The number of halogens is 1. The molecule has 0 radical (unpaired) electrons. The molecule has 1 aromatic heterocycles. The summed E-state index contributed by atoms with van der Waals surface area (Å²) in [6.45, 7) is 4.41. The van der Waals surface area contributed by atoms with E-state index in [9.17, 15) is 0 Å². The second-order valence-corrected chi connectivity index (χ2v) is 3.34. The van der Waals surface area contributed by atoms with Gasteiger partial charge in [0.1, 0.15) is 0 Å². The zero-order valence-electron chi connectivity index (χ0n) is 6.88. The lowest BCUT2D eigenvalue weighted by Crippen LogP contribution is -1.92. The first-order valence-corrected chi connectivity index (χ1v) is 4.31. The maximum Gasteiger partial charge on any atom is 0.0713 e. The minimum absolute atomic E-state index is 0.540. The molecule has 0 N–H and O–H groups in total. The smallest absolute Gasteiger partial charge is 0.0713 e. The summed E-state index contributed by atoms with van der Waals surface area (Å²) < 4.78 is 5.91. The highest BCUT2D eigenvalue weighted by molar-refractivity contribution is 9.10. The van der Waals surface area contributed by atoms with Gasteiger partial charge < -0.3 is 4.74 Å². The molecule has 0 aromatic carbocycles. The van der Waals surface area contributed by atoms with Crippen molar-refractivity contribution in [3.05, 3.63) is 35.1 Å². The van der Waals surface area contributed by atoms with Crippen LogP contribution < -0.4 is 0 Å². The maximum atomic E-state index is 4.96. The van der Waals surface area contributed by atoms with Gasteiger partial charge in [0.2, 0.25) is 0 Å². The summed E-state index contributed by atoms with van der Waals surface area (Å²) in [5.41, 5.74) is 1.94. The van der Waals surface area contributed by atoms with Crippen molar-refractivity contribution in [1.29, 1.82) is 0 Å². The number of pyridine rings is 1. The summed E-state index contributed by atoms with van der Waals surface area (Å²) in [5, 5.41) is 0. The van der Waals surface area contributed by atoms with E-state index in [1.807, 2.05) is 6.07 Å². The summed E-state index contributed by atoms with van der Waals surface area (Å²) in [7, 11) is 1.65. The van der Waals surface area contributed by atoms with E-state index in [-0.39, 0.29) is 0 Å². The molecule has 0 saturated carbocycles. The average Bonchev–Trinajstić information content (AvgIpc) is 2.05. The predicted molar refractivity (Wildman–Crippen MR) is 52.8 cm³/mol. The highest BCUT2D eigenvalue weighted by Crippen LogP contribution is 2.15. The van der Waals surface area contributed by atoms with Crippen molar-refractivity contribution in [2.45, 2.75) is 0 Å². The van der Waals surface area contributed by atoms with Crippen LogP contribution in [0.1, 0.15) is 5.56 Å². The molecule has 0 aliphatic rings. The van der Waals surface area contributed by atoms with Crippen LogP contribution in [0.5, 0.6) is 0 Å². The van der Waals surface area contributed by atoms with Crippen LogP contribution in [-0.2, 0) is 4.74 Å². The molecule has 1 rings (SSSR count). The van der Waals surface area contributed by atoms with Crippen molar-refractivity contribution in [3.63, 3.8) is 0 Å². The monoisotopic (exact) mass is 227 g/mol. The third-order valence-corrected chi connectivity index (χ3v) is 1.87. The fourth-order valence-electron chi connectivity index (χ4n) is 0.863. The molecule has 64 valence electrons. The first kappa shape index (κ1) is 9.42. The van der Waals surface area contributed by atoms with Gasteiger partial charge in [-0.15, -0.1) is 0 Å². The van der Waals surface area contributed by atoms with Gasteiger partial charge in [-0.25, -0.2) is 0 Å². The van der Waals surface area contributed by atoms with E-state index in [1.165, 1.54) is 0 Å². The summed E-state index contributed by atoms with van der Waals surface area (Å²) >= 11 is 3.34. The molecular formula is C9H10BrNO. The Morgan fingerprint density at radius 1 is 1.67 bits per heavy atom. The number of hydrogen-bond donors (Lipinski definition) is 0. The molecule has 0 amide bonds. The Labute approximate surface area is 80.4 Å². The lowest BCUT2D eigenvalue weighted by Gasteiger charge is -2.03. The molecule has 1 heterocycles. The fourth-order valence-corrected chi connectivity index (χ4v) is 1.23. The van der Waals surface area contributed by atoms with Gasteiger partial charge in [-0.05, 0) is 33.1 Å². The predicted octanol–water partition coefficient (Wildman–Crippen LogP) is 2.50. The minimum Gasteiger partial charge on any atom is -0.380 e. The standard InChI is InChI=1S/C9H10BrNO/c1-7(6-12-2)8-3-9(10)5-11-4-8/h3-5H,1,6H2,2H3. The maximum absolute atomic E-state index is 4.96. The summed E-state index contributed by atoms with van der Waals surface area (Å²) in [6, 6.07) is 1.97. The number of hydrogen-bond acceptors (Lipinski definition) is 2. The second-order valence-electron chi connectivity index (χ2n) is 2.43. The Bertz CT molecular complexity index is 286. The fraction of sp³-hybridized carbons (Fsp3) is 0.222. The topological polar surface area (TPSA) is 22.1 Å². The Morgan fingerprint density at radius 3 is 3.00 bits per heavy atom. The Kier molecular flexibility index (Phi) is 3.44. The molecule has 0 aliphatic heterocycles. The lowest BCUT2D eigenvalue weighted by atomic mass is 10.1. The Morgan fingerprint density at radius 2 is 2.42 bits per heavy atom. The molecule has 0 spiro atoms. The molecule has 2 nitrogen and oxygen atoms in total. The highest BCUT2D eigenvalue weighted by atomic mass is 79.9. The summed E-state index contributed by atoms with van der Waals surface area (Å²) in [5.74, 6) is 0. The van der Waals surface area contributed by atoms with Crippen LogP contribution in [0, 0.1) is 0 Å². The van der Waals surface area contributed by atoms with Crippen molar-refractivity contribution in [2.24, 2.45) is 0 Å². The van der Waals surface area contributed by atoms with E-state index in [0.717, 1.165) is 15.6 Å². The van der Waals surface area contributed by atoms with Crippen LogP contribution in [0.4, 0.5) is 0 Å². The normalized spacial score (nSPS) is 9.83. The van der Waals surface area contributed by atoms with Gasteiger partial charge in [-0.1, -0.05) is 6.58 Å². The molecule has 0 saturated heterocycles. The van der Waals surface area contributed by atoms with Crippen LogP contribution >= 0.6 is 15.9 Å². The van der Waals surface area contributed by atoms with E-state index >= 15 is 0 Å². The van der Waals surface area contributed by atoms with Crippen LogP contribution in [-0.4, -0.2) is 18.7 Å². The molecule has 1 aromatic rings. The third kappa shape index (κ3) is 2.43.